The molecule has 2 aromatic rings. The van der Waals surface area contributed by atoms with Gasteiger partial charge in [0.1, 0.15) is 5.00 Å². The number of hydrogen-bond acceptors (Lipinski definition) is 6. The molecule has 8 nitrogen and oxygen atoms in total. The Hall–Kier alpha value is -2.23. The average Bonchev–Trinajstić information content (AvgIpc) is 3.07. The van der Waals surface area contributed by atoms with Crippen molar-refractivity contribution in [1.82, 2.24) is 9.78 Å². The highest BCUT2D eigenvalue weighted by Crippen LogP contribution is 2.47. The molecule has 0 saturated carbocycles. The smallest absolute Gasteiger partial charge is 0.269 e. The molecule has 9 heteroatoms. The molecule has 3 rings (SSSR count). The molecule has 27 heavy (non-hydrogen) atoms. The van der Waals surface area contributed by atoms with E-state index in [-0.39, 0.29) is 12.3 Å². The number of nitrogens with two attached hydrogens (primary N) is 2. The fraction of sp³-hybridized carbons (Fsp3) is 0.500. The third-order valence-electron chi connectivity index (χ3n) is 4.45. The van der Waals surface area contributed by atoms with Crippen LogP contribution in [0.25, 0.3) is 5.00 Å². The van der Waals surface area contributed by atoms with Crippen molar-refractivity contribution in [1.29, 1.82) is 0 Å². The predicted molar refractivity (Wildman–Crippen MR) is 101 cm³/mol. The second-order valence-corrected chi connectivity index (χ2v) is 8.75. The summed E-state index contributed by atoms with van der Waals surface area (Å²) in [6, 6.07) is 0. The van der Waals surface area contributed by atoms with Gasteiger partial charge in [-0.1, -0.05) is 0 Å². The van der Waals surface area contributed by atoms with E-state index in [0.29, 0.717) is 22.5 Å². The van der Waals surface area contributed by atoms with Gasteiger partial charge in [-0.3, -0.25) is 9.59 Å². The van der Waals surface area contributed by atoms with Crippen LogP contribution in [0.5, 0.6) is 0 Å². The molecular formula is C18H24N4O4S. The SMILES string of the molecule is COCc1cn(-c2sc3c(c2C(N)=O)CC(C)(C)OC3(C)C)nc1C(N)=O. The van der Waals surface area contributed by atoms with Gasteiger partial charge >= 0.3 is 0 Å². The number of thiophene rings is 1. The van der Waals surface area contributed by atoms with Crippen molar-refractivity contribution in [2.75, 3.05) is 7.11 Å². The molecule has 0 aromatic carbocycles. The minimum absolute atomic E-state index is 0.106. The normalized spacial score (nSPS) is 17.5. The number of carbonyl (C=O) groups excluding carboxylic acids is 2. The zero-order chi connectivity index (χ0) is 20.1. The maximum atomic E-state index is 12.3. The van der Waals surface area contributed by atoms with Gasteiger partial charge in [-0.25, -0.2) is 4.68 Å². The third-order valence-corrected chi connectivity index (χ3v) is 5.97. The lowest BCUT2D eigenvalue weighted by molar-refractivity contribution is -0.135. The molecule has 0 radical (unpaired) electrons. The van der Waals surface area contributed by atoms with E-state index in [4.69, 9.17) is 20.9 Å². The fourth-order valence-electron chi connectivity index (χ4n) is 3.70. The first-order valence-corrected chi connectivity index (χ1v) is 9.32. The number of ether oxygens (including phenoxy) is 2. The minimum atomic E-state index is -0.660. The van der Waals surface area contributed by atoms with Gasteiger partial charge in [0.25, 0.3) is 11.8 Å². The molecule has 0 unspecified atom stereocenters. The number of fused-ring (bicyclic) bond motifs is 1. The molecule has 0 bridgehead atoms. The van der Waals surface area contributed by atoms with Gasteiger partial charge in [0.05, 0.1) is 23.4 Å². The van der Waals surface area contributed by atoms with Crippen molar-refractivity contribution in [3.8, 4) is 5.00 Å². The molecule has 0 fully saturated rings. The van der Waals surface area contributed by atoms with E-state index >= 15 is 0 Å². The Balaban J connectivity index is 2.24. The Morgan fingerprint density at radius 3 is 2.52 bits per heavy atom. The number of rotatable bonds is 5. The summed E-state index contributed by atoms with van der Waals surface area (Å²) >= 11 is 1.38. The number of methoxy groups -OCH3 is 1. The van der Waals surface area contributed by atoms with Crippen molar-refractivity contribution in [2.45, 2.75) is 51.9 Å². The maximum Gasteiger partial charge on any atom is 0.269 e. The van der Waals surface area contributed by atoms with E-state index in [0.717, 1.165) is 10.4 Å². The summed E-state index contributed by atoms with van der Waals surface area (Å²) in [5, 5.41) is 4.84. The van der Waals surface area contributed by atoms with E-state index in [9.17, 15) is 9.59 Å². The van der Waals surface area contributed by atoms with Crippen LogP contribution in [-0.4, -0.2) is 34.3 Å². The number of aromatic nitrogens is 2. The molecule has 3 heterocycles. The number of hydrogen-bond donors (Lipinski definition) is 2. The summed E-state index contributed by atoms with van der Waals surface area (Å²) in [6.45, 7) is 8.07. The van der Waals surface area contributed by atoms with E-state index in [1.165, 1.54) is 23.1 Å². The van der Waals surface area contributed by atoms with Crippen molar-refractivity contribution in [2.24, 2.45) is 11.5 Å². The van der Waals surface area contributed by atoms with Gasteiger partial charge in [-0.15, -0.1) is 11.3 Å². The topological polar surface area (TPSA) is 122 Å². The molecule has 1 aliphatic rings. The summed E-state index contributed by atoms with van der Waals surface area (Å²) in [6.07, 6.45) is 2.20. The third kappa shape index (κ3) is 3.38. The lowest BCUT2D eigenvalue weighted by Crippen LogP contribution is -2.42. The van der Waals surface area contributed by atoms with Gasteiger partial charge in [0, 0.05) is 30.2 Å². The van der Waals surface area contributed by atoms with Crippen LogP contribution in [0.15, 0.2) is 6.20 Å². The number of carbonyl (C=O) groups is 2. The van der Waals surface area contributed by atoms with Crippen LogP contribution in [-0.2, 0) is 28.1 Å². The fourth-order valence-corrected chi connectivity index (χ4v) is 4.99. The van der Waals surface area contributed by atoms with Crippen LogP contribution < -0.4 is 11.5 Å². The summed E-state index contributed by atoms with van der Waals surface area (Å²) in [5.41, 5.74) is 12.1. The zero-order valence-electron chi connectivity index (χ0n) is 16.1. The van der Waals surface area contributed by atoms with E-state index in [2.05, 4.69) is 5.10 Å². The second kappa shape index (κ2) is 6.43. The first kappa shape index (κ1) is 19.5. The monoisotopic (exact) mass is 392 g/mol. The summed E-state index contributed by atoms with van der Waals surface area (Å²) < 4.78 is 12.8. The molecule has 0 spiro atoms. The highest BCUT2D eigenvalue weighted by molar-refractivity contribution is 7.15. The molecular weight excluding hydrogens is 368 g/mol. The highest BCUT2D eigenvalue weighted by Gasteiger charge is 2.43. The quantitative estimate of drug-likeness (QED) is 0.804. The number of nitrogens with zero attached hydrogens (tertiary/aromatic N) is 2. The molecule has 1 aliphatic heterocycles. The Labute approximate surface area is 161 Å². The molecule has 0 aliphatic carbocycles. The predicted octanol–water partition coefficient (Wildman–Crippen LogP) is 1.86. The van der Waals surface area contributed by atoms with Crippen LogP contribution in [0.3, 0.4) is 0 Å². The van der Waals surface area contributed by atoms with Crippen molar-refractivity contribution in [3.63, 3.8) is 0 Å². The van der Waals surface area contributed by atoms with Crippen LogP contribution in [0, 0.1) is 0 Å². The highest BCUT2D eigenvalue weighted by atomic mass is 32.1. The maximum absolute atomic E-state index is 12.3. The van der Waals surface area contributed by atoms with E-state index in [1.54, 1.807) is 6.20 Å². The first-order chi connectivity index (χ1) is 12.5. The van der Waals surface area contributed by atoms with Crippen molar-refractivity contribution >= 4 is 23.2 Å². The summed E-state index contributed by atoms with van der Waals surface area (Å²) in [4.78, 5) is 25.0. The molecule has 2 amide bonds. The first-order valence-electron chi connectivity index (χ1n) is 8.50. The standard InChI is InChI=1S/C18H24N4O4S/c1-17(2)6-10-11(14(19)23)16(27-13(10)18(3,4)26-17)22-7-9(8-25-5)12(21-22)15(20)24/h7H,6,8H2,1-5H3,(H2,19,23)(H2,20,24). The number of amides is 2. The lowest BCUT2D eigenvalue weighted by Gasteiger charge is -2.41. The zero-order valence-corrected chi connectivity index (χ0v) is 16.9. The Morgan fingerprint density at radius 1 is 1.30 bits per heavy atom. The lowest BCUT2D eigenvalue weighted by atomic mass is 9.86. The largest absolute Gasteiger partial charge is 0.380 e. The molecule has 4 N–H and O–H groups in total. The molecule has 0 saturated heterocycles. The summed E-state index contributed by atoms with van der Waals surface area (Å²) in [7, 11) is 1.52. The van der Waals surface area contributed by atoms with Crippen LogP contribution >= 0.6 is 11.3 Å². The minimum Gasteiger partial charge on any atom is -0.380 e. The Morgan fingerprint density at radius 2 is 1.96 bits per heavy atom. The van der Waals surface area contributed by atoms with Gasteiger partial charge in [0.2, 0.25) is 0 Å². The van der Waals surface area contributed by atoms with E-state index < -0.39 is 23.0 Å². The van der Waals surface area contributed by atoms with Crippen LogP contribution in [0.1, 0.15) is 64.5 Å². The van der Waals surface area contributed by atoms with Gasteiger partial charge in [0.15, 0.2) is 5.69 Å². The Bertz CT molecular complexity index is 926. The molecule has 0 atom stereocenters. The van der Waals surface area contributed by atoms with Gasteiger partial charge in [-0.05, 0) is 33.3 Å². The molecule has 2 aromatic heterocycles. The van der Waals surface area contributed by atoms with Crippen LogP contribution in [0.2, 0.25) is 0 Å². The molecule has 146 valence electrons. The average molecular weight is 392 g/mol. The Kier molecular flexibility index (Phi) is 4.65. The van der Waals surface area contributed by atoms with Gasteiger partial charge in [-0.2, -0.15) is 5.10 Å². The second-order valence-electron chi connectivity index (χ2n) is 7.75. The van der Waals surface area contributed by atoms with Crippen LogP contribution in [0.4, 0.5) is 0 Å². The van der Waals surface area contributed by atoms with Gasteiger partial charge < -0.3 is 20.9 Å². The number of primary amides is 2. The van der Waals surface area contributed by atoms with Crippen molar-refractivity contribution in [3.05, 3.63) is 33.5 Å². The van der Waals surface area contributed by atoms with Crippen molar-refractivity contribution < 1.29 is 19.1 Å². The summed E-state index contributed by atoms with van der Waals surface area (Å²) in [5.74, 6) is -1.20. The van der Waals surface area contributed by atoms with E-state index in [1.807, 2.05) is 27.7 Å².